The van der Waals surface area contributed by atoms with Crippen LogP contribution < -0.4 is 20.6 Å². The number of ether oxygens (including phenoxy) is 2. The number of aromatic amines is 2. The van der Waals surface area contributed by atoms with Gasteiger partial charge >= 0.3 is 0 Å². The van der Waals surface area contributed by atoms with Crippen molar-refractivity contribution < 1.29 is 9.47 Å². The molecule has 0 fully saturated rings. The molecule has 6 aromatic carbocycles. The van der Waals surface area contributed by atoms with Crippen molar-refractivity contribution in [3.8, 4) is 45.4 Å². The van der Waals surface area contributed by atoms with E-state index in [1.54, 1.807) is 12.1 Å². The van der Waals surface area contributed by atoms with E-state index in [0.29, 0.717) is 71.7 Å². The summed E-state index contributed by atoms with van der Waals surface area (Å²) < 4.78 is 15.2. The molecule has 0 radical (unpaired) electrons. The van der Waals surface area contributed by atoms with E-state index in [0.717, 1.165) is 11.1 Å². The maximum Gasteiger partial charge on any atom is 0.299 e. The number of H-pyrrole nitrogens is 2. The Kier molecular flexibility index (Phi) is 11.3. The average Bonchev–Trinajstić information content (AvgIpc) is 3.80. The first-order valence-corrected chi connectivity index (χ1v) is 18.8. The lowest BCUT2D eigenvalue weighted by Crippen LogP contribution is -2.13. The van der Waals surface area contributed by atoms with Gasteiger partial charge in [0.25, 0.3) is 11.1 Å². The lowest BCUT2D eigenvalue weighted by Gasteiger charge is -2.10. The minimum atomic E-state index is -0.317. The van der Waals surface area contributed by atoms with Crippen molar-refractivity contribution in [2.24, 2.45) is 20.5 Å². The molecule has 2 aromatic heterocycles. The standard InChI is InChI=1S/C46H38N8O4/c55-45-43(41(33-19-5-1-6-20-33)51-53(45)35-23-9-3-10-24-35)49-47-37-27-13-15-29-39(37)57-31-17-18-32-58-40-30-16-14-28-38(40)48-50-44-42(34-21-7-2-8-22-34)52-54(46(44)56)36-25-11-4-12-26-36/h1-16,19-30,51-52H,17-18,31-32H2. The fraction of sp³-hybridized carbons (Fsp3) is 0.0870. The van der Waals surface area contributed by atoms with E-state index in [1.807, 2.05) is 158 Å². The molecular formula is C46H38N8O4. The van der Waals surface area contributed by atoms with E-state index in [4.69, 9.17) is 9.47 Å². The fourth-order valence-corrected chi connectivity index (χ4v) is 6.27. The molecule has 12 heteroatoms. The molecule has 58 heavy (non-hydrogen) atoms. The average molecular weight is 767 g/mol. The second kappa shape index (κ2) is 17.7. The van der Waals surface area contributed by atoms with Crippen LogP contribution in [0.5, 0.6) is 11.5 Å². The van der Waals surface area contributed by atoms with Crippen LogP contribution in [-0.4, -0.2) is 32.8 Å². The van der Waals surface area contributed by atoms with Gasteiger partial charge in [-0.25, -0.2) is 9.36 Å². The predicted molar refractivity (Wildman–Crippen MR) is 225 cm³/mol. The maximum atomic E-state index is 13.6. The van der Waals surface area contributed by atoms with Crippen LogP contribution in [0, 0.1) is 0 Å². The largest absolute Gasteiger partial charge is 0.491 e. The Morgan fingerprint density at radius 3 is 1.16 bits per heavy atom. The Labute approximate surface area is 333 Å². The van der Waals surface area contributed by atoms with Crippen LogP contribution >= 0.6 is 0 Å². The number of azo groups is 2. The summed E-state index contributed by atoms with van der Waals surface area (Å²) >= 11 is 0. The van der Waals surface area contributed by atoms with Gasteiger partial charge in [0, 0.05) is 11.1 Å². The fourth-order valence-electron chi connectivity index (χ4n) is 6.27. The highest BCUT2D eigenvalue weighted by Gasteiger charge is 2.19. The number of rotatable bonds is 15. The molecule has 0 saturated heterocycles. The normalized spacial score (nSPS) is 11.4. The van der Waals surface area contributed by atoms with Gasteiger partial charge in [-0.1, -0.05) is 121 Å². The van der Waals surface area contributed by atoms with Crippen molar-refractivity contribution in [3.05, 3.63) is 191 Å². The van der Waals surface area contributed by atoms with E-state index in [1.165, 1.54) is 9.36 Å². The van der Waals surface area contributed by atoms with Crippen LogP contribution in [0.2, 0.25) is 0 Å². The van der Waals surface area contributed by atoms with Crippen LogP contribution in [0.3, 0.4) is 0 Å². The summed E-state index contributed by atoms with van der Waals surface area (Å²) in [5, 5.41) is 24.3. The molecule has 0 saturated carbocycles. The minimum Gasteiger partial charge on any atom is -0.491 e. The molecule has 0 aliphatic heterocycles. The van der Waals surface area contributed by atoms with Crippen LogP contribution in [0.15, 0.2) is 200 Å². The van der Waals surface area contributed by atoms with E-state index in [9.17, 15) is 9.59 Å². The van der Waals surface area contributed by atoms with E-state index >= 15 is 0 Å². The van der Waals surface area contributed by atoms with Gasteiger partial charge in [0.1, 0.15) is 22.9 Å². The summed E-state index contributed by atoms with van der Waals surface area (Å²) in [6.07, 6.45) is 1.38. The summed E-state index contributed by atoms with van der Waals surface area (Å²) in [4.78, 5) is 27.2. The Morgan fingerprint density at radius 1 is 0.414 bits per heavy atom. The molecule has 0 bridgehead atoms. The smallest absolute Gasteiger partial charge is 0.299 e. The number of hydrogen-bond acceptors (Lipinski definition) is 8. The molecule has 0 unspecified atom stereocenters. The van der Waals surface area contributed by atoms with Gasteiger partial charge in [-0.2, -0.15) is 0 Å². The number of nitrogens with zero attached hydrogens (tertiary/aromatic N) is 6. The van der Waals surface area contributed by atoms with Crippen LogP contribution in [0.25, 0.3) is 33.9 Å². The number of nitrogens with one attached hydrogen (secondary N) is 2. The van der Waals surface area contributed by atoms with Gasteiger partial charge in [0.05, 0.1) is 36.0 Å². The van der Waals surface area contributed by atoms with E-state index < -0.39 is 0 Å². The van der Waals surface area contributed by atoms with Crippen LogP contribution in [0.4, 0.5) is 22.7 Å². The number of aromatic nitrogens is 4. The predicted octanol–water partition coefficient (Wildman–Crippen LogP) is 11.0. The number of benzene rings is 6. The molecule has 12 nitrogen and oxygen atoms in total. The second-order valence-electron chi connectivity index (χ2n) is 13.1. The van der Waals surface area contributed by atoms with Gasteiger partial charge in [0.2, 0.25) is 0 Å². The lowest BCUT2D eigenvalue weighted by atomic mass is 10.1. The highest BCUT2D eigenvalue weighted by molar-refractivity contribution is 5.73. The number of unbranched alkanes of at least 4 members (excludes halogenated alkanes) is 1. The molecule has 8 aromatic rings. The van der Waals surface area contributed by atoms with Crippen LogP contribution in [0.1, 0.15) is 12.8 Å². The lowest BCUT2D eigenvalue weighted by molar-refractivity contribution is 0.267. The first kappa shape index (κ1) is 37.1. The Hall–Kier alpha value is -7.86. The molecule has 0 aliphatic carbocycles. The van der Waals surface area contributed by atoms with Crippen molar-refractivity contribution in [1.29, 1.82) is 0 Å². The third-order valence-corrected chi connectivity index (χ3v) is 9.19. The summed E-state index contributed by atoms with van der Waals surface area (Å²) in [6.45, 7) is 0.807. The van der Waals surface area contributed by atoms with Gasteiger partial charge in [-0.05, 0) is 61.4 Å². The molecule has 2 N–H and O–H groups in total. The quantitative estimate of drug-likeness (QED) is 0.0790. The molecule has 0 atom stereocenters. The van der Waals surface area contributed by atoms with Gasteiger partial charge < -0.3 is 9.47 Å². The van der Waals surface area contributed by atoms with Gasteiger partial charge in [-0.3, -0.25) is 19.8 Å². The van der Waals surface area contributed by atoms with Gasteiger partial charge in [-0.15, -0.1) is 20.5 Å². The monoisotopic (exact) mass is 766 g/mol. The first-order valence-electron chi connectivity index (χ1n) is 18.8. The van der Waals surface area contributed by atoms with Crippen molar-refractivity contribution in [2.45, 2.75) is 12.8 Å². The molecule has 0 aliphatic rings. The molecule has 8 rings (SSSR count). The first-order chi connectivity index (χ1) is 28.6. The highest BCUT2D eigenvalue weighted by atomic mass is 16.5. The Bertz CT molecular complexity index is 2580. The molecule has 2 heterocycles. The summed E-state index contributed by atoms with van der Waals surface area (Å²) in [5.41, 5.74) is 4.87. The Balaban J connectivity index is 0.918. The zero-order chi connectivity index (χ0) is 39.5. The van der Waals surface area contributed by atoms with Crippen molar-refractivity contribution in [2.75, 3.05) is 13.2 Å². The molecule has 0 amide bonds. The SMILES string of the molecule is O=c1c(N=Nc2ccccc2OCCCCOc2ccccc2N=Nc2c(-c3ccccc3)[nH]n(-c3ccccc3)c2=O)c(-c2ccccc2)[nH]n1-c1ccccc1. The van der Waals surface area contributed by atoms with Crippen molar-refractivity contribution in [1.82, 2.24) is 19.6 Å². The molecule has 0 spiro atoms. The third-order valence-electron chi connectivity index (χ3n) is 9.19. The number of hydrogen-bond donors (Lipinski definition) is 2. The minimum absolute atomic E-state index is 0.191. The topological polar surface area (TPSA) is 143 Å². The van der Waals surface area contributed by atoms with Crippen molar-refractivity contribution >= 4 is 22.7 Å². The van der Waals surface area contributed by atoms with Crippen LogP contribution in [-0.2, 0) is 0 Å². The molecule has 286 valence electrons. The van der Waals surface area contributed by atoms with Crippen molar-refractivity contribution in [3.63, 3.8) is 0 Å². The molecular weight excluding hydrogens is 729 g/mol. The summed E-state index contributed by atoms with van der Waals surface area (Å²) in [5.74, 6) is 1.09. The number of para-hydroxylation sites is 4. The third kappa shape index (κ3) is 8.36. The van der Waals surface area contributed by atoms with E-state index in [-0.39, 0.29) is 22.5 Å². The van der Waals surface area contributed by atoms with E-state index in [2.05, 4.69) is 30.7 Å². The summed E-state index contributed by atoms with van der Waals surface area (Å²) in [6, 6.07) is 52.5. The maximum absolute atomic E-state index is 13.6. The second-order valence-corrected chi connectivity index (χ2v) is 13.1. The van der Waals surface area contributed by atoms with Gasteiger partial charge in [0.15, 0.2) is 11.4 Å². The Morgan fingerprint density at radius 2 is 0.759 bits per heavy atom. The highest BCUT2D eigenvalue weighted by Crippen LogP contribution is 2.34. The zero-order valence-electron chi connectivity index (χ0n) is 31.3. The zero-order valence-corrected chi connectivity index (χ0v) is 31.3. The summed E-state index contributed by atoms with van der Waals surface area (Å²) in [7, 11) is 0.